The number of nitrogens with zero attached hydrogens (tertiary/aromatic N) is 1. The number of morpholine rings is 1. The second-order valence-corrected chi connectivity index (χ2v) is 7.76. The van der Waals surface area contributed by atoms with E-state index in [4.69, 9.17) is 9.47 Å². The summed E-state index contributed by atoms with van der Waals surface area (Å²) in [4.78, 5) is 2.37. The quantitative estimate of drug-likeness (QED) is 0.844. The zero-order chi connectivity index (χ0) is 17.0. The molecule has 1 saturated heterocycles. The lowest BCUT2D eigenvalue weighted by Gasteiger charge is -2.30. The molecule has 0 bridgehead atoms. The molecule has 0 aromatic heterocycles. The smallest absolute Gasteiger partial charge is 0.244 e. The molecular formula is C16H26N2O4S. The summed E-state index contributed by atoms with van der Waals surface area (Å²) in [5.74, 6) is 0.370. The van der Waals surface area contributed by atoms with E-state index in [1.807, 2.05) is 20.9 Å². The van der Waals surface area contributed by atoms with Gasteiger partial charge in [-0.1, -0.05) is 0 Å². The fourth-order valence-electron chi connectivity index (χ4n) is 2.61. The van der Waals surface area contributed by atoms with Gasteiger partial charge in [0.2, 0.25) is 10.0 Å². The number of hydrogen-bond acceptors (Lipinski definition) is 5. The molecule has 0 aliphatic carbocycles. The van der Waals surface area contributed by atoms with Crippen molar-refractivity contribution in [2.45, 2.75) is 31.3 Å². The molecule has 1 unspecified atom stereocenters. The highest BCUT2D eigenvalue weighted by Gasteiger charge is 2.22. The lowest BCUT2D eigenvalue weighted by Crippen LogP contribution is -2.41. The van der Waals surface area contributed by atoms with E-state index < -0.39 is 10.0 Å². The summed E-state index contributed by atoms with van der Waals surface area (Å²) in [6, 6.07) is 3.41. The summed E-state index contributed by atoms with van der Waals surface area (Å²) >= 11 is 0. The Kier molecular flexibility index (Phi) is 6.02. The second-order valence-electron chi connectivity index (χ2n) is 6.03. The van der Waals surface area contributed by atoms with E-state index in [1.54, 1.807) is 12.1 Å². The molecule has 7 heteroatoms. The highest BCUT2D eigenvalue weighted by atomic mass is 32.2. The molecule has 0 radical (unpaired) electrons. The Labute approximate surface area is 138 Å². The highest BCUT2D eigenvalue weighted by Crippen LogP contribution is 2.27. The van der Waals surface area contributed by atoms with Gasteiger partial charge in [-0.3, -0.25) is 0 Å². The number of likely N-dealkylation sites (N-methyl/N-ethyl adjacent to an activating group) is 1. The zero-order valence-corrected chi connectivity index (χ0v) is 15.1. The summed E-state index contributed by atoms with van der Waals surface area (Å²) in [5.41, 5.74) is 1.92. The summed E-state index contributed by atoms with van der Waals surface area (Å²) < 4.78 is 38.6. The van der Waals surface area contributed by atoms with Gasteiger partial charge in [-0.15, -0.1) is 0 Å². The largest absolute Gasteiger partial charge is 0.495 e. The number of benzene rings is 1. The van der Waals surface area contributed by atoms with Gasteiger partial charge >= 0.3 is 0 Å². The van der Waals surface area contributed by atoms with Crippen molar-refractivity contribution in [3.63, 3.8) is 0 Å². The molecule has 1 N–H and O–H groups in total. The van der Waals surface area contributed by atoms with Crippen molar-refractivity contribution in [3.8, 4) is 5.75 Å². The van der Waals surface area contributed by atoms with Crippen LogP contribution in [0.3, 0.4) is 0 Å². The molecule has 1 atom stereocenters. The number of hydrogen-bond donors (Lipinski definition) is 1. The number of aryl methyl sites for hydroxylation is 2. The van der Waals surface area contributed by atoms with Crippen LogP contribution in [0, 0.1) is 13.8 Å². The predicted molar refractivity (Wildman–Crippen MR) is 89.5 cm³/mol. The van der Waals surface area contributed by atoms with E-state index >= 15 is 0 Å². The minimum absolute atomic E-state index is 0.0677. The Morgan fingerprint density at radius 3 is 2.70 bits per heavy atom. The Morgan fingerprint density at radius 1 is 1.35 bits per heavy atom. The number of rotatable bonds is 6. The molecule has 0 spiro atoms. The molecular weight excluding hydrogens is 316 g/mol. The van der Waals surface area contributed by atoms with Crippen LogP contribution in [0.25, 0.3) is 0 Å². The number of nitrogens with one attached hydrogen (secondary N) is 1. The van der Waals surface area contributed by atoms with Crippen LogP contribution in [0.15, 0.2) is 17.0 Å². The van der Waals surface area contributed by atoms with E-state index in [9.17, 15) is 8.42 Å². The van der Waals surface area contributed by atoms with E-state index in [1.165, 1.54) is 7.11 Å². The number of ether oxygens (including phenoxy) is 2. The van der Waals surface area contributed by atoms with Crippen molar-refractivity contribution in [3.05, 3.63) is 23.3 Å². The highest BCUT2D eigenvalue weighted by molar-refractivity contribution is 7.89. The van der Waals surface area contributed by atoms with Gasteiger partial charge in [-0.2, -0.15) is 0 Å². The van der Waals surface area contributed by atoms with Crippen molar-refractivity contribution in [1.82, 2.24) is 9.62 Å². The summed E-state index contributed by atoms with van der Waals surface area (Å²) in [7, 11) is -0.0785. The first-order valence-corrected chi connectivity index (χ1v) is 9.27. The van der Waals surface area contributed by atoms with Gasteiger partial charge in [0.1, 0.15) is 10.6 Å². The van der Waals surface area contributed by atoms with Gasteiger partial charge < -0.3 is 14.4 Å². The molecule has 2 rings (SSSR count). The topological polar surface area (TPSA) is 67.9 Å². The van der Waals surface area contributed by atoms with Gasteiger partial charge in [0, 0.05) is 19.6 Å². The van der Waals surface area contributed by atoms with E-state index in [2.05, 4.69) is 9.62 Å². The van der Waals surface area contributed by atoms with Crippen LogP contribution in [0.2, 0.25) is 0 Å². The maximum absolute atomic E-state index is 12.5. The van der Waals surface area contributed by atoms with Crippen LogP contribution < -0.4 is 9.46 Å². The SMILES string of the molecule is COc1cc(C)c(C)cc1S(=O)(=O)NCCC1CN(C)CCO1. The molecule has 0 saturated carbocycles. The third-order valence-corrected chi connectivity index (χ3v) is 5.65. The monoisotopic (exact) mass is 342 g/mol. The Morgan fingerprint density at radius 2 is 2.04 bits per heavy atom. The molecule has 1 aliphatic rings. The fourth-order valence-corrected chi connectivity index (χ4v) is 3.89. The maximum Gasteiger partial charge on any atom is 0.244 e. The molecule has 6 nitrogen and oxygen atoms in total. The molecule has 1 aliphatic heterocycles. The van der Waals surface area contributed by atoms with Crippen LogP contribution in [0.5, 0.6) is 5.75 Å². The summed E-state index contributed by atoms with van der Waals surface area (Å²) in [6.07, 6.45) is 0.717. The summed E-state index contributed by atoms with van der Waals surface area (Å²) in [6.45, 7) is 6.60. The van der Waals surface area contributed by atoms with E-state index in [0.29, 0.717) is 25.3 Å². The average molecular weight is 342 g/mol. The average Bonchev–Trinajstić information content (AvgIpc) is 2.49. The third-order valence-electron chi connectivity index (χ3n) is 4.17. The lowest BCUT2D eigenvalue weighted by atomic mass is 10.1. The first kappa shape index (κ1) is 18.2. The molecule has 0 amide bonds. The summed E-state index contributed by atoms with van der Waals surface area (Å²) in [5, 5.41) is 0. The molecule has 23 heavy (non-hydrogen) atoms. The minimum Gasteiger partial charge on any atom is -0.495 e. The van der Waals surface area contributed by atoms with Gasteiger partial charge in [0.15, 0.2) is 0 Å². The number of methoxy groups -OCH3 is 1. The molecule has 1 aromatic rings. The van der Waals surface area contributed by atoms with Gasteiger partial charge in [-0.25, -0.2) is 13.1 Å². The van der Waals surface area contributed by atoms with Crippen LogP contribution in [0.1, 0.15) is 17.5 Å². The van der Waals surface area contributed by atoms with Crippen molar-refractivity contribution in [1.29, 1.82) is 0 Å². The van der Waals surface area contributed by atoms with Crippen molar-refractivity contribution in [2.75, 3.05) is 40.4 Å². The molecule has 130 valence electrons. The van der Waals surface area contributed by atoms with Gasteiger partial charge in [0.05, 0.1) is 19.8 Å². The molecule has 1 aromatic carbocycles. The normalized spacial score (nSPS) is 19.7. The Balaban J connectivity index is 2.03. The van der Waals surface area contributed by atoms with E-state index in [-0.39, 0.29) is 11.0 Å². The van der Waals surface area contributed by atoms with Crippen LogP contribution in [0.4, 0.5) is 0 Å². The zero-order valence-electron chi connectivity index (χ0n) is 14.3. The Bertz CT molecular complexity index is 646. The third kappa shape index (κ3) is 4.67. The minimum atomic E-state index is -3.60. The van der Waals surface area contributed by atoms with Crippen LogP contribution in [-0.4, -0.2) is 59.8 Å². The van der Waals surface area contributed by atoms with E-state index in [0.717, 1.165) is 24.2 Å². The lowest BCUT2D eigenvalue weighted by molar-refractivity contribution is -0.0222. The first-order valence-electron chi connectivity index (χ1n) is 7.78. The fraction of sp³-hybridized carbons (Fsp3) is 0.625. The van der Waals surface area contributed by atoms with Crippen molar-refractivity contribution >= 4 is 10.0 Å². The second kappa shape index (κ2) is 7.61. The van der Waals surface area contributed by atoms with Crippen molar-refractivity contribution < 1.29 is 17.9 Å². The maximum atomic E-state index is 12.5. The predicted octanol–water partition coefficient (Wildman–Crippen LogP) is 1.31. The molecule has 1 heterocycles. The van der Waals surface area contributed by atoms with Crippen molar-refractivity contribution in [2.24, 2.45) is 0 Å². The van der Waals surface area contributed by atoms with Crippen LogP contribution in [-0.2, 0) is 14.8 Å². The first-order chi connectivity index (χ1) is 10.8. The number of sulfonamides is 1. The molecule has 1 fully saturated rings. The van der Waals surface area contributed by atoms with Gasteiger partial charge in [-0.05, 0) is 50.6 Å². The standard InChI is InChI=1S/C16H26N2O4S/c1-12-9-15(21-4)16(10-13(12)2)23(19,20)17-6-5-14-11-18(3)7-8-22-14/h9-10,14,17H,5-8,11H2,1-4H3. The Hall–Kier alpha value is -1.15. The van der Waals surface area contributed by atoms with Crippen LogP contribution >= 0.6 is 0 Å². The van der Waals surface area contributed by atoms with Gasteiger partial charge in [0.25, 0.3) is 0 Å².